The number of aryl methyl sites for hydroxylation is 1. The number of hydrogen-bond donors (Lipinski definition) is 1. The number of H-pyrrole nitrogens is 1. The number of nitrogens with zero attached hydrogens (tertiary/aromatic N) is 5. The predicted molar refractivity (Wildman–Crippen MR) is 174 cm³/mol. The van der Waals surface area contributed by atoms with Crippen molar-refractivity contribution in [3.05, 3.63) is 76.6 Å². The normalized spacial score (nSPS) is 19.4. The van der Waals surface area contributed by atoms with Gasteiger partial charge in [-0.1, -0.05) is 6.07 Å². The fraction of sp³-hybridized carbons (Fsp3) is 0.333. The Bertz CT molecular complexity index is 2240. The number of fused-ring (bicyclic) bond motifs is 5. The molecule has 2 aliphatic carbocycles. The van der Waals surface area contributed by atoms with Crippen LogP contribution in [0, 0.1) is 11.8 Å². The third kappa shape index (κ3) is 4.20. The molecule has 2 unspecified atom stereocenters. The predicted octanol–water partition coefficient (Wildman–Crippen LogP) is 6.14. The van der Waals surface area contributed by atoms with Crippen LogP contribution in [0.5, 0.6) is 5.75 Å². The lowest BCUT2D eigenvalue weighted by atomic mass is 10.1. The van der Waals surface area contributed by atoms with E-state index in [1.165, 1.54) is 19.3 Å². The van der Waals surface area contributed by atoms with Gasteiger partial charge in [0.05, 0.1) is 24.0 Å². The van der Waals surface area contributed by atoms with Gasteiger partial charge in [-0.15, -0.1) is 0 Å². The van der Waals surface area contributed by atoms with Crippen molar-refractivity contribution >= 4 is 38.9 Å². The largest absolute Gasteiger partial charge is 0.494 e. The molecule has 1 amide bonds. The van der Waals surface area contributed by atoms with Gasteiger partial charge in [0.15, 0.2) is 11.3 Å². The van der Waals surface area contributed by atoms with Crippen molar-refractivity contribution in [3.8, 4) is 28.5 Å². The second-order valence-electron chi connectivity index (χ2n) is 13.1. The van der Waals surface area contributed by atoms with E-state index in [2.05, 4.69) is 31.2 Å². The molecular formula is C36H34N6O3. The first-order valence-corrected chi connectivity index (χ1v) is 15.9. The number of amides is 1. The summed E-state index contributed by atoms with van der Waals surface area (Å²) in [7, 11) is 3.67. The Morgan fingerprint density at radius 3 is 2.69 bits per heavy atom. The van der Waals surface area contributed by atoms with Crippen molar-refractivity contribution in [2.45, 2.75) is 44.7 Å². The number of aromatic amines is 1. The van der Waals surface area contributed by atoms with Crippen LogP contribution in [0.25, 0.3) is 55.7 Å². The van der Waals surface area contributed by atoms with Gasteiger partial charge in [0.25, 0.3) is 5.91 Å². The molecule has 9 heteroatoms. The minimum absolute atomic E-state index is 0.0131. The van der Waals surface area contributed by atoms with Gasteiger partial charge in [-0.2, -0.15) is 0 Å². The number of hydrogen-bond acceptors (Lipinski definition) is 5. The molecule has 0 spiro atoms. The van der Waals surface area contributed by atoms with E-state index in [-0.39, 0.29) is 11.3 Å². The van der Waals surface area contributed by atoms with Crippen molar-refractivity contribution in [1.82, 2.24) is 29.0 Å². The van der Waals surface area contributed by atoms with E-state index in [9.17, 15) is 9.59 Å². The SMILES string of the molecule is COc1cc(C(=O)N2CC3CCC2C3)cc2nc(-c3cc4ccc(-c5ccc6[nH]ccc(=O)c6c5)nc4n3CC3CC3)n(C)c12. The number of pyridine rings is 2. The van der Waals surface area contributed by atoms with Crippen LogP contribution < -0.4 is 10.2 Å². The van der Waals surface area contributed by atoms with Crippen molar-refractivity contribution in [3.63, 3.8) is 0 Å². The van der Waals surface area contributed by atoms with Crippen LogP contribution in [0.1, 0.15) is 42.5 Å². The number of methoxy groups -OCH3 is 1. The van der Waals surface area contributed by atoms with E-state index < -0.39 is 0 Å². The van der Waals surface area contributed by atoms with E-state index in [0.29, 0.717) is 34.6 Å². The molecule has 2 atom stereocenters. The van der Waals surface area contributed by atoms with Crippen LogP contribution in [0.15, 0.2) is 65.6 Å². The van der Waals surface area contributed by atoms with Gasteiger partial charge < -0.3 is 23.8 Å². The van der Waals surface area contributed by atoms with Crippen molar-refractivity contribution in [2.75, 3.05) is 13.7 Å². The van der Waals surface area contributed by atoms with Gasteiger partial charge in [0.2, 0.25) is 0 Å². The molecule has 2 aromatic carbocycles. The minimum Gasteiger partial charge on any atom is -0.494 e. The summed E-state index contributed by atoms with van der Waals surface area (Å²) in [5.41, 5.74) is 6.65. The fourth-order valence-electron chi connectivity index (χ4n) is 7.70. The molecule has 9 nitrogen and oxygen atoms in total. The van der Waals surface area contributed by atoms with Crippen molar-refractivity contribution < 1.29 is 9.53 Å². The summed E-state index contributed by atoms with van der Waals surface area (Å²) in [5, 5.41) is 1.68. The summed E-state index contributed by atoms with van der Waals surface area (Å²) in [6.45, 7) is 1.71. The van der Waals surface area contributed by atoms with Crippen LogP contribution >= 0.6 is 0 Å². The molecule has 226 valence electrons. The first-order valence-electron chi connectivity index (χ1n) is 15.9. The van der Waals surface area contributed by atoms with Gasteiger partial charge in [0, 0.05) is 65.9 Å². The van der Waals surface area contributed by atoms with Crippen LogP contribution in [0.3, 0.4) is 0 Å². The zero-order chi connectivity index (χ0) is 30.4. The molecule has 1 aliphatic heterocycles. The molecule has 5 heterocycles. The van der Waals surface area contributed by atoms with Crippen LogP contribution in [-0.4, -0.2) is 54.6 Å². The Balaban J connectivity index is 1.17. The highest BCUT2D eigenvalue weighted by molar-refractivity contribution is 6.00. The number of carbonyl (C=O) groups is 1. The summed E-state index contributed by atoms with van der Waals surface area (Å²) in [6.07, 6.45) is 7.53. The first kappa shape index (κ1) is 26.5. The smallest absolute Gasteiger partial charge is 0.254 e. The highest BCUT2D eigenvalue weighted by Crippen LogP contribution is 2.40. The molecule has 3 aliphatic rings. The fourth-order valence-corrected chi connectivity index (χ4v) is 7.70. The molecular weight excluding hydrogens is 564 g/mol. The van der Waals surface area contributed by atoms with E-state index >= 15 is 0 Å². The molecule has 3 fully saturated rings. The number of rotatable bonds is 6. The number of piperidine rings is 1. The summed E-state index contributed by atoms with van der Waals surface area (Å²) in [5.74, 6) is 2.78. The van der Waals surface area contributed by atoms with E-state index in [0.717, 1.165) is 76.3 Å². The second-order valence-corrected chi connectivity index (χ2v) is 13.1. The number of nitrogens with one attached hydrogen (secondary N) is 1. The first-order chi connectivity index (χ1) is 21.9. The lowest BCUT2D eigenvalue weighted by Crippen LogP contribution is -2.37. The number of likely N-dealkylation sites (tertiary alicyclic amines) is 1. The molecule has 2 bridgehead atoms. The number of aromatic nitrogens is 5. The Morgan fingerprint density at radius 2 is 1.91 bits per heavy atom. The summed E-state index contributed by atoms with van der Waals surface area (Å²) in [6, 6.07) is 17.9. The zero-order valence-corrected chi connectivity index (χ0v) is 25.4. The molecule has 0 radical (unpaired) electrons. The topological polar surface area (TPSA) is 98.0 Å². The molecule has 4 aromatic heterocycles. The van der Waals surface area contributed by atoms with Gasteiger partial charge >= 0.3 is 0 Å². The van der Waals surface area contributed by atoms with Crippen LogP contribution in [0.2, 0.25) is 0 Å². The van der Waals surface area contributed by atoms with Crippen LogP contribution in [-0.2, 0) is 13.6 Å². The Kier molecular flexibility index (Phi) is 5.76. The molecule has 9 rings (SSSR count). The molecule has 45 heavy (non-hydrogen) atoms. The molecule has 1 saturated heterocycles. The number of benzene rings is 2. The molecule has 2 saturated carbocycles. The van der Waals surface area contributed by atoms with Crippen molar-refractivity contribution in [1.29, 1.82) is 0 Å². The zero-order valence-electron chi connectivity index (χ0n) is 25.4. The molecule has 1 N–H and O–H groups in total. The Hall–Kier alpha value is -4.92. The van der Waals surface area contributed by atoms with Gasteiger partial charge in [-0.3, -0.25) is 9.59 Å². The summed E-state index contributed by atoms with van der Waals surface area (Å²) < 4.78 is 10.2. The number of imidazole rings is 1. The Morgan fingerprint density at radius 1 is 1.02 bits per heavy atom. The lowest BCUT2D eigenvalue weighted by molar-refractivity contribution is 0.0703. The quantitative estimate of drug-likeness (QED) is 0.248. The second kappa shape index (κ2) is 9.79. The summed E-state index contributed by atoms with van der Waals surface area (Å²) >= 11 is 0. The van der Waals surface area contributed by atoms with Gasteiger partial charge in [0.1, 0.15) is 16.9 Å². The standard InChI is InChI=1S/C36H34N6O3/c1-40-33-29(15-24(17-32(33)45-2)36(44)41-19-21-5-8-25(41)13-21)39-35(40)30-16-23-7-9-27(38-34(23)42(30)18-20-3-4-20)22-6-10-28-26(14-22)31(43)11-12-37-28/h6-7,9-12,14-17,20-21,25H,3-5,8,13,18-19H2,1-2H3,(H,37,43). The van der Waals surface area contributed by atoms with Crippen molar-refractivity contribution in [2.24, 2.45) is 18.9 Å². The van der Waals surface area contributed by atoms with Gasteiger partial charge in [-0.05, 0) is 86.4 Å². The average Bonchev–Trinajstić information content (AvgIpc) is 3.34. The maximum atomic E-state index is 13.7. The van der Waals surface area contributed by atoms with E-state index in [1.54, 1.807) is 19.4 Å². The highest BCUT2D eigenvalue weighted by atomic mass is 16.5. The number of ether oxygens (including phenoxy) is 1. The average molecular weight is 599 g/mol. The van der Waals surface area contributed by atoms with E-state index in [4.69, 9.17) is 14.7 Å². The van der Waals surface area contributed by atoms with Gasteiger partial charge in [-0.25, -0.2) is 9.97 Å². The summed E-state index contributed by atoms with van der Waals surface area (Å²) in [4.78, 5) is 41.7. The maximum absolute atomic E-state index is 13.7. The van der Waals surface area contributed by atoms with E-state index in [1.807, 2.05) is 43.4 Å². The monoisotopic (exact) mass is 598 g/mol. The Labute approximate surface area is 259 Å². The number of carbonyl (C=O) groups excluding carboxylic acids is 1. The third-order valence-corrected chi connectivity index (χ3v) is 10.2. The minimum atomic E-state index is -0.0131. The van der Waals surface area contributed by atoms with Crippen LogP contribution in [0.4, 0.5) is 0 Å². The third-order valence-electron chi connectivity index (χ3n) is 10.2. The maximum Gasteiger partial charge on any atom is 0.254 e. The lowest BCUT2D eigenvalue weighted by Gasteiger charge is -2.27. The highest BCUT2D eigenvalue weighted by Gasteiger charge is 2.40. The molecule has 6 aromatic rings.